The number of aryl methyl sites for hydroxylation is 2. The Bertz CT molecular complexity index is 1100. The molecule has 0 bridgehead atoms. The maximum atomic E-state index is 13.3. The number of aromatic amines is 1. The molecule has 0 radical (unpaired) electrons. The molecule has 6 heteroatoms. The van der Waals surface area contributed by atoms with Gasteiger partial charge >= 0.3 is 0 Å². The van der Waals surface area contributed by atoms with Crippen LogP contribution in [0, 0.1) is 12.7 Å². The Morgan fingerprint density at radius 1 is 1.07 bits per heavy atom. The summed E-state index contributed by atoms with van der Waals surface area (Å²) in [6.07, 6.45) is 0.666. The molecule has 1 fully saturated rings. The van der Waals surface area contributed by atoms with E-state index < -0.39 is 0 Å². The number of carbonyl (C=O) groups is 1. The van der Waals surface area contributed by atoms with Crippen molar-refractivity contribution >= 4 is 22.5 Å². The molecule has 1 amide bonds. The molecule has 150 valence electrons. The van der Waals surface area contributed by atoms with Crippen molar-refractivity contribution in [1.29, 1.82) is 0 Å². The summed E-state index contributed by atoms with van der Waals surface area (Å²) >= 11 is 0. The number of anilines is 1. The van der Waals surface area contributed by atoms with Crippen LogP contribution in [0.5, 0.6) is 0 Å². The van der Waals surface area contributed by atoms with Crippen molar-refractivity contribution in [2.45, 2.75) is 19.8 Å². The molecule has 1 aliphatic heterocycles. The highest BCUT2D eigenvalue weighted by Crippen LogP contribution is 2.18. The summed E-state index contributed by atoms with van der Waals surface area (Å²) in [5.74, 6) is -0.326. The topological polar surface area (TPSA) is 56.4 Å². The van der Waals surface area contributed by atoms with Crippen LogP contribution < -0.4 is 10.5 Å². The van der Waals surface area contributed by atoms with E-state index in [1.165, 1.54) is 23.4 Å². The number of H-pyrrole nitrogens is 1. The van der Waals surface area contributed by atoms with Gasteiger partial charge in [0, 0.05) is 43.9 Å². The lowest BCUT2D eigenvalue weighted by Crippen LogP contribution is -2.48. The first-order valence-corrected chi connectivity index (χ1v) is 9.90. The van der Waals surface area contributed by atoms with Gasteiger partial charge in [0.15, 0.2) is 0 Å². The summed E-state index contributed by atoms with van der Waals surface area (Å²) < 4.78 is 13.3. The Morgan fingerprint density at radius 3 is 2.62 bits per heavy atom. The number of nitrogens with one attached hydrogen (secondary N) is 1. The fourth-order valence-electron chi connectivity index (χ4n) is 3.84. The second-order valence-corrected chi connectivity index (χ2v) is 7.56. The quantitative estimate of drug-likeness (QED) is 0.740. The highest BCUT2D eigenvalue weighted by molar-refractivity contribution is 5.80. The van der Waals surface area contributed by atoms with Gasteiger partial charge in [-0.2, -0.15) is 0 Å². The van der Waals surface area contributed by atoms with Gasteiger partial charge < -0.3 is 14.8 Å². The summed E-state index contributed by atoms with van der Waals surface area (Å²) in [6, 6.07) is 14.4. The number of pyridine rings is 1. The van der Waals surface area contributed by atoms with E-state index in [0.717, 1.165) is 18.5 Å². The van der Waals surface area contributed by atoms with Gasteiger partial charge in [0.05, 0.1) is 5.52 Å². The monoisotopic (exact) mass is 393 g/mol. The molecule has 1 saturated heterocycles. The van der Waals surface area contributed by atoms with Gasteiger partial charge in [0.25, 0.3) is 5.56 Å². The molecule has 0 aliphatic carbocycles. The largest absolute Gasteiger partial charge is 0.368 e. The van der Waals surface area contributed by atoms with Crippen molar-refractivity contribution in [1.82, 2.24) is 9.88 Å². The lowest BCUT2D eigenvalue weighted by atomic mass is 10.1. The van der Waals surface area contributed by atoms with Gasteiger partial charge in [-0.3, -0.25) is 9.59 Å². The number of amides is 1. The SMILES string of the molecule is Cc1cccc(N2CCN(C(=O)CCc3cc4ccc(F)cc4[nH]c3=O)CC2)c1. The average molecular weight is 393 g/mol. The molecule has 29 heavy (non-hydrogen) atoms. The van der Waals surface area contributed by atoms with E-state index in [0.29, 0.717) is 37.0 Å². The van der Waals surface area contributed by atoms with Gasteiger partial charge in [0.1, 0.15) is 5.82 Å². The predicted octanol–water partition coefficient (Wildman–Crippen LogP) is 3.26. The molecule has 0 spiro atoms. The van der Waals surface area contributed by atoms with Crippen LogP contribution in [-0.2, 0) is 11.2 Å². The summed E-state index contributed by atoms with van der Waals surface area (Å²) in [5.41, 5.74) is 3.17. The van der Waals surface area contributed by atoms with Crippen molar-refractivity contribution in [3.8, 4) is 0 Å². The third-order valence-electron chi connectivity index (χ3n) is 5.49. The number of carbonyl (C=O) groups excluding carboxylic acids is 1. The second-order valence-electron chi connectivity index (χ2n) is 7.56. The maximum Gasteiger partial charge on any atom is 0.251 e. The lowest BCUT2D eigenvalue weighted by molar-refractivity contribution is -0.131. The summed E-state index contributed by atoms with van der Waals surface area (Å²) in [7, 11) is 0. The van der Waals surface area contributed by atoms with E-state index >= 15 is 0 Å². The molecule has 3 aromatic rings. The Morgan fingerprint density at radius 2 is 1.86 bits per heavy atom. The first-order valence-electron chi connectivity index (χ1n) is 9.90. The Kier molecular flexibility index (Phi) is 5.34. The molecule has 0 unspecified atom stereocenters. The predicted molar refractivity (Wildman–Crippen MR) is 113 cm³/mol. The van der Waals surface area contributed by atoms with Crippen molar-refractivity contribution in [2.75, 3.05) is 31.1 Å². The number of halogens is 1. The zero-order valence-corrected chi connectivity index (χ0v) is 16.5. The number of hydrogen-bond donors (Lipinski definition) is 1. The normalized spacial score (nSPS) is 14.4. The van der Waals surface area contributed by atoms with Crippen LogP contribution in [0.15, 0.2) is 53.3 Å². The van der Waals surface area contributed by atoms with Gasteiger partial charge in [0.2, 0.25) is 5.91 Å². The lowest BCUT2D eigenvalue weighted by Gasteiger charge is -2.36. The second kappa shape index (κ2) is 8.07. The van der Waals surface area contributed by atoms with Crippen molar-refractivity contribution < 1.29 is 9.18 Å². The summed E-state index contributed by atoms with van der Waals surface area (Å²) in [6.45, 7) is 5.04. The molecule has 2 aromatic carbocycles. The molecule has 1 N–H and O–H groups in total. The molecule has 0 saturated carbocycles. The summed E-state index contributed by atoms with van der Waals surface area (Å²) in [4.78, 5) is 31.8. The van der Waals surface area contributed by atoms with Gasteiger partial charge in [-0.25, -0.2) is 4.39 Å². The Labute approximate surface area is 168 Å². The van der Waals surface area contributed by atoms with E-state index in [2.05, 4.69) is 41.1 Å². The summed E-state index contributed by atoms with van der Waals surface area (Å²) in [5, 5.41) is 0.764. The number of nitrogens with zero attached hydrogens (tertiary/aromatic N) is 2. The minimum absolute atomic E-state index is 0.0625. The van der Waals surface area contributed by atoms with Crippen LogP contribution in [-0.4, -0.2) is 42.0 Å². The van der Waals surface area contributed by atoms with Gasteiger partial charge in [-0.1, -0.05) is 12.1 Å². The van der Waals surface area contributed by atoms with E-state index in [4.69, 9.17) is 0 Å². The highest BCUT2D eigenvalue weighted by Gasteiger charge is 2.21. The van der Waals surface area contributed by atoms with Crippen LogP contribution in [0.1, 0.15) is 17.5 Å². The molecule has 1 aliphatic rings. The molecule has 0 atom stereocenters. The number of fused-ring (bicyclic) bond motifs is 1. The molecule has 2 heterocycles. The fourth-order valence-corrected chi connectivity index (χ4v) is 3.84. The molecule has 4 rings (SSSR count). The minimum Gasteiger partial charge on any atom is -0.368 e. The molecular weight excluding hydrogens is 369 g/mol. The van der Waals surface area contributed by atoms with E-state index in [-0.39, 0.29) is 17.3 Å². The maximum absolute atomic E-state index is 13.3. The van der Waals surface area contributed by atoms with Crippen LogP contribution in [0.25, 0.3) is 10.9 Å². The van der Waals surface area contributed by atoms with Crippen LogP contribution in [0.2, 0.25) is 0 Å². The van der Waals surface area contributed by atoms with E-state index in [9.17, 15) is 14.0 Å². The third-order valence-corrected chi connectivity index (χ3v) is 5.49. The molecule has 1 aromatic heterocycles. The highest BCUT2D eigenvalue weighted by atomic mass is 19.1. The van der Waals surface area contributed by atoms with Crippen molar-refractivity contribution in [2.24, 2.45) is 0 Å². The van der Waals surface area contributed by atoms with Crippen LogP contribution in [0.3, 0.4) is 0 Å². The van der Waals surface area contributed by atoms with Gasteiger partial charge in [-0.05, 0) is 60.7 Å². The molecular formula is C23H24FN3O2. The van der Waals surface area contributed by atoms with Gasteiger partial charge in [-0.15, -0.1) is 0 Å². The fraction of sp³-hybridized carbons (Fsp3) is 0.304. The van der Waals surface area contributed by atoms with Crippen LogP contribution in [0.4, 0.5) is 10.1 Å². The van der Waals surface area contributed by atoms with Crippen molar-refractivity contribution in [3.63, 3.8) is 0 Å². The Hall–Kier alpha value is -3.15. The van der Waals surface area contributed by atoms with Crippen molar-refractivity contribution in [3.05, 3.63) is 75.8 Å². The number of hydrogen-bond acceptors (Lipinski definition) is 3. The third kappa shape index (κ3) is 4.31. The Balaban J connectivity index is 1.36. The van der Waals surface area contributed by atoms with E-state index in [1.54, 1.807) is 12.1 Å². The number of aromatic nitrogens is 1. The molecule has 5 nitrogen and oxygen atoms in total. The van der Waals surface area contributed by atoms with E-state index in [1.807, 2.05) is 4.90 Å². The number of rotatable bonds is 4. The first kappa shape index (κ1) is 19.2. The standard InChI is InChI=1S/C23H24FN3O2/c1-16-3-2-4-20(13-16)26-9-11-27(12-10-26)22(28)8-6-18-14-17-5-7-19(24)15-21(17)25-23(18)29/h2-5,7,13-15H,6,8-12H2,1H3,(H,25,29). The number of benzene rings is 2. The zero-order chi connectivity index (χ0) is 20.4. The minimum atomic E-state index is -0.388. The average Bonchev–Trinajstić information content (AvgIpc) is 2.72. The smallest absolute Gasteiger partial charge is 0.251 e. The van der Waals surface area contributed by atoms with Crippen LogP contribution >= 0.6 is 0 Å². The number of piperazine rings is 1. The zero-order valence-electron chi connectivity index (χ0n) is 16.5. The first-order chi connectivity index (χ1) is 14.0.